The lowest BCUT2D eigenvalue weighted by Gasteiger charge is -2.15. The third kappa shape index (κ3) is 2.06. The Morgan fingerprint density at radius 3 is 2.92 bits per heavy atom. The Morgan fingerprint density at radius 2 is 2.33 bits per heavy atom. The number of aromatic nitrogens is 2. The summed E-state index contributed by atoms with van der Waals surface area (Å²) in [6.07, 6.45) is 1.40. The van der Waals surface area contributed by atoms with E-state index >= 15 is 0 Å². The summed E-state index contributed by atoms with van der Waals surface area (Å²) in [5.74, 6) is 1.15. The van der Waals surface area contributed by atoms with Gasteiger partial charge in [0, 0.05) is 19.7 Å². The fourth-order valence-corrected chi connectivity index (χ4v) is 0.835. The second-order valence-electron chi connectivity index (χ2n) is 2.45. The summed E-state index contributed by atoms with van der Waals surface area (Å²) in [5.41, 5.74) is 5.45. The van der Waals surface area contributed by atoms with Crippen LogP contribution in [0.4, 0.5) is 11.6 Å². The van der Waals surface area contributed by atoms with Crippen molar-refractivity contribution in [2.75, 3.05) is 30.8 Å². The molecule has 0 spiro atoms. The van der Waals surface area contributed by atoms with Crippen LogP contribution in [0.3, 0.4) is 0 Å². The first kappa shape index (κ1) is 8.73. The second-order valence-corrected chi connectivity index (χ2v) is 2.45. The number of nitrogen functional groups attached to an aromatic ring is 1. The van der Waals surface area contributed by atoms with Crippen LogP contribution in [0.15, 0.2) is 12.4 Å². The maximum Gasteiger partial charge on any atom is 0.133 e. The van der Waals surface area contributed by atoms with Gasteiger partial charge < -0.3 is 15.7 Å². The molecule has 1 aromatic heterocycles. The van der Waals surface area contributed by atoms with Crippen molar-refractivity contribution in [3.63, 3.8) is 0 Å². The van der Waals surface area contributed by atoms with Crippen molar-refractivity contribution in [2.45, 2.75) is 0 Å². The van der Waals surface area contributed by atoms with E-state index in [1.165, 1.54) is 6.33 Å². The van der Waals surface area contributed by atoms with Gasteiger partial charge in [0.05, 0.1) is 6.61 Å². The van der Waals surface area contributed by atoms with Gasteiger partial charge in [-0.3, -0.25) is 0 Å². The first-order valence-electron chi connectivity index (χ1n) is 3.63. The molecule has 0 radical (unpaired) electrons. The Kier molecular flexibility index (Phi) is 2.82. The molecule has 1 aromatic rings. The standard InChI is InChI=1S/C7H12N4O/c1-11(2-3-12)7-4-6(8)9-5-10-7/h4-5,12H,2-3H2,1H3,(H2,8,9,10). The molecule has 0 atom stereocenters. The zero-order valence-electron chi connectivity index (χ0n) is 6.94. The minimum Gasteiger partial charge on any atom is -0.395 e. The highest BCUT2D eigenvalue weighted by atomic mass is 16.3. The van der Waals surface area contributed by atoms with E-state index in [4.69, 9.17) is 10.8 Å². The van der Waals surface area contributed by atoms with Gasteiger partial charge in [0.2, 0.25) is 0 Å². The molecule has 1 heterocycles. The quantitative estimate of drug-likeness (QED) is 0.635. The fourth-order valence-electron chi connectivity index (χ4n) is 0.835. The Morgan fingerprint density at radius 1 is 1.58 bits per heavy atom. The van der Waals surface area contributed by atoms with Crippen LogP contribution in [-0.2, 0) is 0 Å². The van der Waals surface area contributed by atoms with Crippen molar-refractivity contribution >= 4 is 11.6 Å². The predicted molar refractivity (Wildman–Crippen MR) is 46.8 cm³/mol. The Labute approximate surface area is 70.9 Å². The van der Waals surface area contributed by atoms with Crippen molar-refractivity contribution in [3.8, 4) is 0 Å². The highest BCUT2D eigenvalue weighted by molar-refractivity contribution is 5.44. The Balaban J connectivity index is 2.73. The molecular weight excluding hydrogens is 156 g/mol. The highest BCUT2D eigenvalue weighted by Gasteiger charge is 2.00. The van der Waals surface area contributed by atoms with Gasteiger partial charge in [-0.1, -0.05) is 0 Å². The van der Waals surface area contributed by atoms with E-state index in [2.05, 4.69) is 9.97 Å². The lowest BCUT2D eigenvalue weighted by atomic mass is 10.5. The fraction of sp³-hybridized carbons (Fsp3) is 0.429. The van der Waals surface area contributed by atoms with Crippen LogP contribution >= 0.6 is 0 Å². The zero-order valence-corrected chi connectivity index (χ0v) is 6.94. The third-order valence-electron chi connectivity index (χ3n) is 1.50. The van der Waals surface area contributed by atoms with E-state index in [1.807, 2.05) is 7.05 Å². The van der Waals surface area contributed by atoms with Crippen LogP contribution in [-0.4, -0.2) is 35.3 Å². The maximum atomic E-state index is 8.65. The predicted octanol–water partition coefficient (Wildman–Crippen LogP) is -0.513. The molecule has 5 heteroatoms. The molecule has 3 N–H and O–H groups in total. The molecule has 0 aromatic carbocycles. The van der Waals surface area contributed by atoms with Gasteiger partial charge >= 0.3 is 0 Å². The number of nitrogens with two attached hydrogens (primary N) is 1. The van der Waals surface area contributed by atoms with Gasteiger partial charge in [-0.05, 0) is 0 Å². The van der Waals surface area contributed by atoms with Crippen LogP contribution in [0.2, 0.25) is 0 Å². The average molecular weight is 168 g/mol. The number of aliphatic hydroxyl groups is 1. The minimum atomic E-state index is 0.0976. The van der Waals surface area contributed by atoms with E-state index in [9.17, 15) is 0 Å². The molecule has 5 nitrogen and oxygen atoms in total. The monoisotopic (exact) mass is 168 g/mol. The highest BCUT2D eigenvalue weighted by Crippen LogP contribution is 2.08. The number of aliphatic hydroxyl groups excluding tert-OH is 1. The summed E-state index contributed by atoms with van der Waals surface area (Å²) >= 11 is 0. The van der Waals surface area contributed by atoms with Gasteiger partial charge in [-0.2, -0.15) is 0 Å². The van der Waals surface area contributed by atoms with E-state index in [1.54, 1.807) is 11.0 Å². The number of hydrogen-bond donors (Lipinski definition) is 2. The lowest BCUT2D eigenvalue weighted by molar-refractivity contribution is 0.304. The second kappa shape index (κ2) is 3.87. The molecule has 0 fully saturated rings. The van der Waals surface area contributed by atoms with E-state index in [-0.39, 0.29) is 6.61 Å². The molecule has 0 aliphatic carbocycles. The molecule has 66 valence electrons. The minimum absolute atomic E-state index is 0.0976. The van der Waals surface area contributed by atoms with E-state index in [0.29, 0.717) is 12.4 Å². The number of likely N-dealkylation sites (N-methyl/N-ethyl adjacent to an activating group) is 1. The molecule has 12 heavy (non-hydrogen) atoms. The van der Waals surface area contributed by atoms with Gasteiger partial charge in [0.25, 0.3) is 0 Å². The molecule has 0 amide bonds. The van der Waals surface area contributed by atoms with Crippen LogP contribution < -0.4 is 10.6 Å². The van der Waals surface area contributed by atoms with Crippen molar-refractivity contribution in [3.05, 3.63) is 12.4 Å². The molecule has 0 saturated carbocycles. The van der Waals surface area contributed by atoms with E-state index in [0.717, 1.165) is 5.82 Å². The summed E-state index contributed by atoms with van der Waals surface area (Å²) in [4.78, 5) is 9.55. The van der Waals surface area contributed by atoms with Crippen molar-refractivity contribution in [1.29, 1.82) is 0 Å². The van der Waals surface area contributed by atoms with Crippen molar-refractivity contribution in [2.24, 2.45) is 0 Å². The summed E-state index contributed by atoms with van der Waals surface area (Å²) in [6, 6.07) is 1.66. The summed E-state index contributed by atoms with van der Waals surface area (Å²) in [7, 11) is 1.83. The topological polar surface area (TPSA) is 75.3 Å². The Bertz CT molecular complexity index is 253. The van der Waals surface area contributed by atoms with Crippen LogP contribution in [0, 0.1) is 0 Å². The van der Waals surface area contributed by atoms with Crippen LogP contribution in [0.5, 0.6) is 0 Å². The summed E-state index contributed by atoms with van der Waals surface area (Å²) in [5, 5.41) is 8.65. The van der Waals surface area contributed by atoms with Crippen LogP contribution in [0.1, 0.15) is 0 Å². The number of anilines is 2. The first-order valence-corrected chi connectivity index (χ1v) is 3.63. The Hall–Kier alpha value is -1.36. The van der Waals surface area contributed by atoms with Gasteiger partial charge in [0.1, 0.15) is 18.0 Å². The number of hydrogen-bond acceptors (Lipinski definition) is 5. The van der Waals surface area contributed by atoms with Gasteiger partial charge in [0.15, 0.2) is 0 Å². The number of nitrogens with zero attached hydrogens (tertiary/aromatic N) is 3. The average Bonchev–Trinajstić information content (AvgIpc) is 2.05. The van der Waals surface area contributed by atoms with Crippen LogP contribution in [0.25, 0.3) is 0 Å². The molecule has 0 aliphatic rings. The number of rotatable bonds is 3. The largest absolute Gasteiger partial charge is 0.395 e. The first-order chi connectivity index (χ1) is 5.74. The van der Waals surface area contributed by atoms with Crippen molar-refractivity contribution in [1.82, 2.24) is 9.97 Å². The molecule has 1 rings (SSSR count). The maximum absolute atomic E-state index is 8.65. The smallest absolute Gasteiger partial charge is 0.133 e. The van der Waals surface area contributed by atoms with E-state index < -0.39 is 0 Å². The molecular formula is C7H12N4O. The molecule has 0 bridgehead atoms. The van der Waals surface area contributed by atoms with Crippen molar-refractivity contribution < 1.29 is 5.11 Å². The normalized spacial score (nSPS) is 9.83. The molecule has 0 aliphatic heterocycles. The summed E-state index contributed by atoms with van der Waals surface area (Å²) in [6.45, 7) is 0.636. The summed E-state index contributed by atoms with van der Waals surface area (Å²) < 4.78 is 0. The van der Waals surface area contributed by atoms with Gasteiger partial charge in [-0.15, -0.1) is 0 Å². The SMILES string of the molecule is CN(CCO)c1cc(N)ncn1. The van der Waals surface area contributed by atoms with Gasteiger partial charge in [-0.25, -0.2) is 9.97 Å². The zero-order chi connectivity index (χ0) is 8.97. The third-order valence-corrected chi connectivity index (χ3v) is 1.50. The molecule has 0 unspecified atom stereocenters. The molecule has 0 saturated heterocycles. The lowest BCUT2D eigenvalue weighted by Crippen LogP contribution is -2.22.